The molecular formula is C16H12BrNO2. The molecule has 2 rings (SSSR count). The molecule has 1 N–H and O–H groups in total. The number of carbonyl (C=O) groups excluding carboxylic acids is 1. The first-order valence-electron chi connectivity index (χ1n) is 5.90. The Morgan fingerprint density at radius 1 is 1.10 bits per heavy atom. The first-order valence-corrected chi connectivity index (χ1v) is 6.69. The van der Waals surface area contributed by atoms with Crippen LogP contribution in [0, 0.1) is 11.8 Å². The minimum Gasteiger partial charge on any atom is -0.497 e. The van der Waals surface area contributed by atoms with Crippen molar-refractivity contribution in [1.29, 1.82) is 0 Å². The van der Waals surface area contributed by atoms with Crippen molar-refractivity contribution < 1.29 is 9.53 Å². The molecule has 3 nitrogen and oxygen atoms in total. The van der Waals surface area contributed by atoms with Gasteiger partial charge in [0.25, 0.3) is 0 Å². The fourth-order valence-corrected chi connectivity index (χ4v) is 1.76. The lowest BCUT2D eigenvalue weighted by molar-refractivity contribution is -0.111. The summed E-state index contributed by atoms with van der Waals surface area (Å²) in [6.07, 6.45) is 0. The topological polar surface area (TPSA) is 38.3 Å². The molecule has 0 bridgehead atoms. The van der Waals surface area contributed by atoms with Crippen LogP contribution in [0.1, 0.15) is 5.56 Å². The van der Waals surface area contributed by atoms with Gasteiger partial charge < -0.3 is 10.1 Å². The Labute approximate surface area is 126 Å². The Kier molecular flexibility index (Phi) is 4.80. The number of ether oxygens (including phenoxy) is 1. The SMILES string of the molecule is COc1ccc(NC(=O)C#Cc2ccc(Br)cc2)cc1. The maximum atomic E-state index is 11.7. The zero-order valence-corrected chi connectivity index (χ0v) is 12.4. The highest BCUT2D eigenvalue weighted by molar-refractivity contribution is 9.10. The van der Waals surface area contributed by atoms with Gasteiger partial charge in [-0.3, -0.25) is 4.79 Å². The molecule has 0 heterocycles. The smallest absolute Gasteiger partial charge is 0.300 e. The Hall–Kier alpha value is -2.25. The van der Waals surface area contributed by atoms with Crippen molar-refractivity contribution in [3.05, 3.63) is 58.6 Å². The number of anilines is 1. The van der Waals surface area contributed by atoms with Crippen LogP contribution in [0.4, 0.5) is 5.69 Å². The van der Waals surface area contributed by atoms with E-state index in [1.165, 1.54) is 0 Å². The average molecular weight is 330 g/mol. The van der Waals surface area contributed by atoms with Crippen molar-refractivity contribution in [2.45, 2.75) is 0 Å². The summed E-state index contributed by atoms with van der Waals surface area (Å²) in [6, 6.07) is 14.5. The van der Waals surface area contributed by atoms with Crippen molar-refractivity contribution in [3.8, 4) is 17.6 Å². The number of carbonyl (C=O) groups is 1. The lowest BCUT2D eigenvalue weighted by Crippen LogP contribution is -2.08. The van der Waals surface area contributed by atoms with E-state index in [2.05, 4.69) is 33.1 Å². The summed E-state index contributed by atoms with van der Waals surface area (Å²) >= 11 is 3.34. The van der Waals surface area contributed by atoms with Gasteiger partial charge in [0.1, 0.15) is 5.75 Å². The first-order chi connectivity index (χ1) is 9.67. The number of nitrogens with one attached hydrogen (secondary N) is 1. The van der Waals surface area contributed by atoms with Gasteiger partial charge in [0.15, 0.2) is 0 Å². The van der Waals surface area contributed by atoms with Crippen LogP contribution in [0.15, 0.2) is 53.0 Å². The van der Waals surface area contributed by atoms with Crippen LogP contribution in [-0.4, -0.2) is 13.0 Å². The maximum Gasteiger partial charge on any atom is 0.300 e. The highest BCUT2D eigenvalue weighted by Crippen LogP contribution is 2.14. The molecular weight excluding hydrogens is 318 g/mol. The molecule has 0 spiro atoms. The van der Waals surface area contributed by atoms with E-state index in [1.54, 1.807) is 31.4 Å². The fourth-order valence-electron chi connectivity index (χ4n) is 1.50. The standard InChI is InChI=1S/C16H12BrNO2/c1-20-15-9-7-14(8-10-15)18-16(19)11-4-12-2-5-13(17)6-3-12/h2-3,5-10H,1H3,(H,18,19). The largest absolute Gasteiger partial charge is 0.497 e. The lowest BCUT2D eigenvalue weighted by atomic mass is 10.2. The van der Waals surface area contributed by atoms with Crippen LogP contribution in [0.3, 0.4) is 0 Å². The summed E-state index contributed by atoms with van der Waals surface area (Å²) in [5.74, 6) is 5.75. The van der Waals surface area contributed by atoms with E-state index in [-0.39, 0.29) is 5.91 Å². The normalized spacial score (nSPS) is 9.30. The highest BCUT2D eigenvalue weighted by atomic mass is 79.9. The van der Waals surface area contributed by atoms with E-state index in [0.29, 0.717) is 5.69 Å². The van der Waals surface area contributed by atoms with E-state index >= 15 is 0 Å². The van der Waals surface area contributed by atoms with E-state index < -0.39 is 0 Å². The average Bonchev–Trinajstić information content (AvgIpc) is 2.47. The Balaban J connectivity index is 2.00. The quantitative estimate of drug-likeness (QED) is 0.857. The Bertz CT molecular complexity index is 652. The number of halogens is 1. The van der Waals surface area contributed by atoms with Crippen molar-refractivity contribution in [2.24, 2.45) is 0 Å². The van der Waals surface area contributed by atoms with Gasteiger partial charge in [-0.1, -0.05) is 21.9 Å². The predicted molar refractivity (Wildman–Crippen MR) is 82.6 cm³/mol. The Morgan fingerprint density at radius 2 is 1.75 bits per heavy atom. The highest BCUT2D eigenvalue weighted by Gasteiger charge is 1.98. The predicted octanol–water partition coefficient (Wildman–Crippen LogP) is 3.45. The lowest BCUT2D eigenvalue weighted by Gasteiger charge is -2.02. The molecule has 0 unspecified atom stereocenters. The summed E-state index contributed by atoms with van der Waals surface area (Å²) < 4.78 is 6.02. The summed E-state index contributed by atoms with van der Waals surface area (Å²) in [5.41, 5.74) is 1.47. The Morgan fingerprint density at radius 3 is 2.35 bits per heavy atom. The summed E-state index contributed by atoms with van der Waals surface area (Å²) in [7, 11) is 1.59. The van der Waals surface area contributed by atoms with Crippen molar-refractivity contribution in [3.63, 3.8) is 0 Å². The van der Waals surface area contributed by atoms with E-state index in [4.69, 9.17) is 4.74 Å². The second kappa shape index (κ2) is 6.78. The van der Waals surface area contributed by atoms with Crippen LogP contribution >= 0.6 is 15.9 Å². The molecule has 0 atom stereocenters. The maximum absolute atomic E-state index is 11.7. The molecule has 20 heavy (non-hydrogen) atoms. The molecule has 0 radical (unpaired) electrons. The molecule has 0 saturated heterocycles. The van der Waals surface area contributed by atoms with Crippen molar-refractivity contribution in [2.75, 3.05) is 12.4 Å². The van der Waals surface area contributed by atoms with Crippen molar-refractivity contribution >= 4 is 27.5 Å². The van der Waals surface area contributed by atoms with Crippen LogP contribution in [0.25, 0.3) is 0 Å². The van der Waals surface area contributed by atoms with Gasteiger partial charge in [0, 0.05) is 21.6 Å². The molecule has 0 aromatic heterocycles. The van der Waals surface area contributed by atoms with Crippen LogP contribution < -0.4 is 10.1 Å². The molecule has 0 aliphatic carbocycles. The minimum absolute atomic E-state index is 0.349. The third kappa shape index (κ3) is 4.15. The van der Waals surface area contributed by atoms with Gasteiger partial charge in [-0.15, -0.1) is 0 Å². The number of methoxy groups -OCH3 is 1. The molecule has 2 aromatic carbocycles. The molecule has 0 aliphatic heterocycles. The van der Waals surface area contributed by atoms with Gasteiger partial charge in [-0.2, -0.15) is 0 Å². The zero-order chi connectivity index (χ0) is 14.4. The number of hydrogen-bond acceptors (Lipinski definition) is 2. The van der Waals surface area contributed by atoms with E-state index in [0.717, 1.165) is 15.8 Å². The van der Waals surface area contributed by atoms with Gasteiger partial charge >= 0.3 is 5.91 Å². The van der Waals surface area contributed by atoms with Crippen LogP contribution in [0.5, 0.6) is 5.75 Å². The van der Waals surface area contributed by atoms with E-state index in [9.17, 15) is 4.79 Å². The van der Waals surface area contributed by atoms with Gasteiger partial charge in [-0.25, -0.2) is 0 Å². The first kappa shape index (κ1) is 14.2. The number of rotatable bonds is 2. The fraction of sp³-hybridized carbons (Fsp3) is 0.0625. The summed E-state index contributed by atoms with van der Waals surface area (Å²) in [4.78, 5) is 11.7. The monoisotopic (exact) mass is 329 g/mol. The molecule has 0 saturated carbocycles. The number of benzene rings is 2. The molecule has 0 fully saturated rings. The van der Waals surface area contributed by atoms with Crippen LogP contribution in [0.2, 0.25) is 0 Å². The second-order valence-electron chi connectivity index (χ2n) is 3.94. The molecule has 100 valence electrons. The van der Waals surface area contributed by atoms with Gasteiger partial charge in [0.05, 0.1) is 7.11 Å². The van der Waals surface area contributed by atoms with Gasteiger partial charge in [-0.05, 0) is 48.5 Å². The minimum atomic E-state index is -0.349. The third-order valence-corrected chi connectivity index (χ3v) is 3.04. The molecule has 0 aliphatic rings. The molecule has 1 amide bonds. The van der Waals surface area contributed by atoms with Crippen molar-refractivity contribution in [1.82, 2.24) is 0 Å². The second-order valence-corrected chi connectivity index (χ2v) is 4.86. The summed E-state index contributed by atoms with van der Waals surface area (Å²) in [6.45, 7) is 0. The third-order valence-electron chi connectivity index (χ3n) is 2.51. The number of hydrogen-bond donors (Lipinski definition) is 1. The van der Waals surface area contributed by atoms with Gasteiger partial charge in [0.2, 0.25) is 0 Å². The number of amides is 1. The molecule has 4 heteroatoms. The molecule has 2 aromatic rings. The van der Waals surface area contributed by atoms with E-state index in [1.807, 2.05) is 24.3 Å². The van der Waals surface area contributed by atoms with Crippen LogP contribution in [-0.2, 0) is 4.79 Å². The zero-order valence-electron chi connectivity index (χ0n) is 10.8. The summed E-state index contributed by atoms with van der Waals surface area (Å²) in [5, 5.41) is 2.70.